The average molecular weight is 1120 g/mol. The van der Waals surface area contributed by atoms with E-state index in [1.807, 2.05) is 0 Å². The fourth-order valence-electron chi connectivity index (χ4n) is 8.13. The van der Waals surface area contributed by atoms with E-state index in [1.54, 1.807) is 48.5 Å². The second-order valence-electron chi connectivity index (χ2n) is 22.2. The van der Waals surface area contributed by atoms with Gasteiger partial charge in [-0.3, -0.25) is 19.2 Å². The zero-order valence-corrected chi connectivity index (χ0v) is 40.7. The summed E-state index contributed by atoms with van der Waals surface area (Å²) in [5, 5.41) is 0. The van der Waals surface area contributed by atoms with E-state index in [-0.39, 0.29) is 25.7 Å². The monoisotopic (exact) mass is 1120 g/mol. The van der Waals surface area contributed by atoms with Crippen molar-refractivity contribution >= 4 is 23.9 Å². The summed E-state index contributed by atoms with van der Waals surface area (Å²) >= 11 is 0. The number of esters is 4. The third-order valence-electron chi connectivity index (χ3n) is 13.4. The molecule has 0 bridgehead atoms. The fourth-order valence-corrected chi connectivity index (χ4v) is 8.13. The molecule has 2 aliphatic carbocycles. The summed E-state index contributed by atoms with van der Waals surface area (Å²) in [7, 11) is 0. The highest BCUT2D eigenvalue weighted by Crippen LogP contribution is 2.71. The Balaban J connectivity index is 2.18. The Morgan fingerprint density at radius 2 is 0.712 bits per heavy atom. The van der Waals surface area contributed by atoms with Crippen molar-refractivity contribution < 1.29 is 135 Å². The van der Waals surface area contributed by atoms with Gasteiger partial charge in [0.1, 0.15) is 26.4 Å². The molecule has 0 aliphatic heterocycles. The molecule has 8 nitrogen and oxygen atoms in total. The highest BCUT2D eigenvalue weighted by Gasteiger charge is 3.02. The first kappa shape index (κ1) is 65.5. The summed E-state index contributed by atoms with van der Waals surface area (Å²) in [4.78, 5) is 51.6. The van der Waals surface area contributed by atoms with Crippen LogP contribution < -0.4 is 0 Å². The summed E-state index contributed by atoms with van der Waals surface area (Å²) < 4.78 is 326. The van der Waals surface area contributed by atoms with Crippen LogP contribution in [0.5, 0.6) is 0 Å². The van der Waals surface area contributed by atoms with Crippen LogP contribution in [0.4, 0.5) is 96.6 Å². The van der Waals surface area contributed by atoms with Crippen LogP contribution in [0.3, 0.4) is 0 Å². The van der Waals surface area contributed by atoms with Gasteiger partial charge in [0.25, 0.3) is 11.3 Å². The van der Waals surface area contributed by atoms with Crippen LogP contribution in [0.25, 0.3) is 0 Å². The van der Waals surface area contributed by atoms with Crippen molar-refractivity contribution in [3.8, 4) is 0 Å². The van der Waals surface area contributed by atoms with Crippen LogP contribution in [0.2, 0.25) is 0 Å². The van der Waals surface area contributed by atoms with Crippen LogP contribution in [-0.2, 0) is 38.1 Å². The average Bonchev–Trinajstić information content (AvgIpc) is 3.20. The number of hydrogen-bond acceptors (Lipinski definition) is 8. The van der Waals surface area contributed by atoms with Gasteiger partial charge >= 0.3 is 83.1 Å². The van der Waals surface area contributed by atoms with E-state index in [2.05, 4.69) is 9.47 Å². The van der Waals surface area contributed by atoms with E-state index < -0.39 is 167 Å². The maximum Gasteiger partial charge on any atom is 0.384 e. The number of alkyl halides is 22. The molecule has 30 heteroatoms. The maximum atomic E-state index is 15.0. The number of ether oxygens (including phenoxy) is 4. The Bertz CT molecular complexity index is 2000. The quantitative estimate of drug-likeness (QED) is 0.0716. The highest BCUT2D eigenvalue weighted by molar-refractivity contribution is 5.78. The first-order chi connectivity index (χ1) is 31.8. The van der Waals surface area contributed by atoms with Gasteiger partial charge in [-0.15, -0.1) is 0 Å². The van der Waals surface area contributed by atoms with Crippen molar-refractivity contribution in [2.24, 2.45) is 33.0 Å². The molecule has 2 rings (SSSR count). The van der Waals surface area contributed by atoms with E-state index in [0.717, 1.165) is 0 Å². The first-order valence-corrected chi connectivity index (χ1v) is 21.6. The second-order valence-corrected chi connectivity index (χ2v) is 22.2. The predicted octanol–water partition coefficient (Wildman–Crippen LogP) is 13.1. The summed E-state index contributed by atoms with van der Waals surface area (Å²) in [5.41, 5.74) is -18.6. The minimum Gasteiger partial charge on any atom is -0.465 e. The van der Waals surface area contributed by atoms with Crippen molar-refractivity contribution in [3.05, 3.63) is 0 Å². The van der Waals surface area contributed by atoms with Crippen LogP contribution >= 0.6 is 0 Å². The Morgan fingerprint density at radius 1 is 0.411 bits per heavy atom. The molecule has 0 heterocycles. The Kier molecular flexibility index (Phi) is 17.1. The molecule has 0 aromatic heterocycles. The van der Waals surface area contributed by atoms with Gasteiger partial charge in [-0.2, -0.15) is 87.8 Å². The molecule has 2 fully saturated rings. The zero-order chi connectivity index (χ0) is 58.3. The van der Waals surface area contributed by atoms with Crippen molar-refractivity contribution in [1.29, 1.82) is 0 Å². The second kappa shape index (κ2) is 19.1. The Hall–Kier alpha value is -3.66. The molecule has 73 heavy (non-hydrogen) atoms. The van der Waals surface area contributed by atoms with Crippen LogP contribution in [0.1, 0.15) is 115 Å². The smallest absolute Gasteiger partial charge is 0.384 e. The number of carbonyl (C=O) groups is 4. The lowest BCUT2D eigenvalue weighted by Crippen LogP contribution is -2.84. The topological polar surface area (TPSA) is 105 Å². The van der Waals surface area contributed by atoms with Gasteiger partial charge in [0.15, 0.2) is 0 Å². The first-order valence-electron chi connectivity index (χ1n) is 21.6. The van der Waals surface area contributed by atoms with E-state index in [4.69, 9.17) is 9.47 Å². The molecule has 0 amide bonds. The number of halogens is 22. The number of hydrogen-bond donors (Lipinski definition) is 0. The minimum absolute atomic E-state index is 0.0241. The number of carbonyl (C=O) groups excluding carboxylic acids is 4. The van der Waals surface area contributed by atoms with Crippen molar-refractivity contribution in [2.45, 2.75) is 185 Å². The van der Waals surface area contributed by atoms with E-state index in [9.17, 15) is 116 Å². The molecule has 2 unspecified atom stereocenters. The molecule has 0 aromatic rings. The Labute approximate surface area is 403 Å². The van der Waals surface area contributed by atoms with E-state index >= 15 is 0 Å². The lowest BCUT2D eigenvalue weighted by Gasteiger charge is -2.52. The van der Waals surface area contributed by atoms with Crippen molar-refractivity contribution in [3.63, 3.8) is 0 Å². The van der Waals surface area contributed by atoms with Gasteiger partial charge < -0.3 is 18.9 Å². The van der Waals surface area contributed by atoms with Gasteiger partial charge in [0.2, 0.25) is 0 Å². The van der Waals surface area contributed by atoms with Gasteiger partial charge in [0.05, 0.1) is 24.2 Å². The predicted molar refractivity (Wildman–Crippen MR) is 207 cm³/mol. The lowest BCUT2D eigenvalue weighted by atomic mass is 9.57. The van der Waals surface area contributed by atoms with Crippen molar-refractivity contribution in [2.75, 3.05) is 26.4 Å². The SMILES string of the molecule is CC(C)(C)CC(C)(C(=O)OCCC(=O)OCC1(F)C(F)(F)C(F)(F)C(F)(F)C(F)(F)C1(F)F)C(C)(C)CCC(C)(C)CC(C(=O)OCCC(=O)OCC1(F)C(F)(F)C(F)(F)C(F)(F)C(F)(F)C1(F)F)C(C)(C)C. The molecule has 428 valence electrons. The summed E-state index contributed by atoms with van der Waals surface area (Å²) in [6, 6.07) is 0. The van der Waals surface area contributed by atoms with Crippen molar-refractivity contribution in [1.82, 2.24) is 0 Å². The molecule has 0 spiro atoms. The van der Waals surface area contributed by atoms with E-state index in [0.29, 0.717) is 0 Å². The van der Waals surface area contributed by atoms with Crippen LogP contribution in [0.15, 0.2) is 0 Å². The largest absolute Gasteiger partial charge is 0.465 e. The zero-order valence-electron chi connectivity index (χ0n) is 40.7. The molecule has 0 N–H and O–H groups in total. The van der Waals surface area contributed by atoms with Gasteiger partial charge in [-0.25, -0.2) is 8.78 Å². The van der Waals surface area contributed by atoms with Crippen LogP contribution in [-0.4, -0.2) is 121 Å². The molecule has 0 saturated heterocycles. The highest BCUT2D eigenvalue weighted by atomic mass is 19.4. The van der Waals surface area contributed by atoms with Gasteiger partial charge in [0, 0.05) is 0 Å². The molecule has 2 aliphatic rings. The van der Waals surface area contributed by atoms with Gasteiger partial charge in [-0.1, -0.05) is 69.2 Å². The fraction of sp³-hybridized carbons (Fsp3) is 0.907. The molecule has 0 aromatic carbocycles. The third kappa shape index (κ3) is 10.2. The van der Waals surface area contributed by atoms with Gasteiger partial charge in [-0.05, 0) is 54.3 Å². The summed E-state index contributed by atoms with van der Waals surface area (Å²) in [5.74, 6) is -81.2. The molecular weight excluding hydrogens is 1060 g/mol. The normalized spacial score (nSPS) is 25.0. The molecule has 0 radical (unpaired) electrons. The maximum absolute atomic E-state index is 15.0. The molecule has 2 saturated carbocycles. The molecular formula is C43H54F22O8. The molecule has 2 atom stereocenters. The minimum atomic E-state index is -7.49. The Morgan fingerprint density at radius 3 is 1.01 bits per heavy atom. The number of rotatable bonds is 19. The lowest BCUT2D eigenvalue weighted by molar-refractivity contribution is -0.487. The third-order valence-corrected chi connectivity index (χ3v) is 13.4. The van der Waals surface area contributed by atoms with E-state index in [1.165, 1.54) is 27.7 Å². The summed E-state index contributed by atoms with van der Waals surface area (Å²) in [6.07, 6.45) is -2.59. The van der Waals surface area contributed by atoms with Crippen LogP contribution in [0, 0.1) is 33.0 Å². The standard InChI is InChI=1S/C43H54F22O8/c1-27(2,3)19-31(11,26(69)71-17-13-24(67)73-21-33(45)36(50,51)40(58,59)43(64,65)41(60,61)37(33,52)53)30(9,10)15-14-29(7,8)18-22(28(4,5)6)25(68)70-16-12-23(66)72-20-32(44)34(46,47)38(54,55)42(62,63)39(56,57)35(32,48)49/h22H,12-21H2,1-11H3. The summed E-state index contributed by atoms with van der Waals surface area (Å²) in [6.45, 7) is 8.68.